The Balaban J connectivity index is 1.46. The van der Waals surface area contributed by atoms with Crippen molar-refractivity contribution in [1.29, 1.82) is 0 Å². The van der Waals surface area contributed by atoms with Crippen LogP contribution in [0.4, 0.5) is 0 Å². The van der Waals surface area contributed by atoms with Crippen molar-refractivity contribution in [3.63, 3.8) is 0 Å². The molecular formula is C21H19N5O. The summed E-state index contributed by atoms with van der Waals surface area (Å²) in [6.07, 6.45) is 4.59. The molecule has 6 nitrogen and oxygen atoms in total. The smallest absolute Gasteiger partial charge is 0.161 e. The Bertz CT molecular complexity index is 1060. The van der Waals surface area contributed by atoms with Gasteiger partial charge in [0.15, 0.2) is 5.65 Å². The molecule has 0 amide bonds. The maximum atomic E-state index is 5.88. The predicted molar refractivity (Wildman–Crippen MR) is 104 cm³/mol. The minimum atomic E-state index is 0.470. The first-order chi connectivity index (χ1) is 13.4. The van der Waals surface area contributed by atoms with Crippen LogP contribution in [0.25, 0.3) is 22.3 Å². The number of para-hydroxylation sites is 1. The van der Waals surface area contributed by atoms with Crippen molar-refractivity contribution in [1.82, 2.24) is 25.1 Å². The van der Waals surface area contributed by atoms with Gasteiger partial charge >= 0.3 is 0 Å². The Morgan fingerprint density at radius 1 is 1.04 bits per heavy atom. The molecule has 0 aliphatic carbocycles. The lowest BCUT2D eigenvalue weighted by Gasteiger charge is -2.27. The third kappa shape index (κ3) is 3.15. The second kappa shape index (κ2) is 6.81. The molecule has 0 unspecified atom stereocenters. The number of nitrogens with zero attached hydrogens (tertiary/aromatic N) is 4. The van der Waals surface area contributed by atoms with E-state index in [4.69, 9.17) is 9.84 Å². The van der Waals surface area contributed by atoms with Crippen molar-refractivity contribution < 1.29 is 4.74 Å². The van der Waals surface area contributed by atoms with Crippen LogP contribution in [0.5, 0.6) is 11.5 Å². The fourth-order valence-electron chi connectivity index (χ4n) is 3.28. The Labute approximate surface area is 156 Å². The number of aromatic nitrogens is 4. The Kier molecular flexibility index (Phi) is 4.03. The van der Waals surface area contributed by atoms with Crippen molar-refractivity contribution in [3.8, 4) is 22.8 Å². The van der Waals surface area contributed by atoms with Gasteiger partial charge in [0, 0.05) is 17.8 Å². The van der Waals surface area contributed by atoms with Crippen LogP contribution in [0.15, 0.2) is 67.1 Å². The second-order valence-corrected chi connectivity index (χ2v) is 6.67. The number of fused-ring (bicyclic) bond motifs is 1. The summed E-state index contributed by atoms with van der Waals surface area (Å²) in [5.41, 5.74) is 2.80. The van der Waals surface area contributed by atoms with Crippen LogP contribution in [0.2, 0.25) is 0 Å². The summed E-state index contributed by atoms with van der Waals surface area (Å²) in [6, 6.07) is 18.2. The number of rotatable bonds is 5. The van der Waals surface area contributed by atoms with Gasteiger partial charge in [-0.15, -0.1) is 0 Å². The highest BCUT2D eigenvalue weighted by Crippen LogP contribution is 2.29. The first-order valence-corrected chi connectivity index (χ1v) is 9.10. The van der Waals surface area contributed by atoms with Crippen LogP contribution in [0, 0.1) is 0 Å². The second-order valence-electron chi connectivity index (χ2n) is 6.67. The third-order valence-electron chi connectivity index (χ3n) is 4.84. The number of benzene rings is 2. The first-order valence-electron chi connectivity index (χ1n) is 9.10. The molecule has 1 N–H and O–H groups in total. The molecule has 0 spiro atoms. The van der Waals surface area contributed by atoms with Gasteiger partial charge in [-0.05, 0) is 49.4 Å². The molecule has 1 atom stereocenters. The quantitative estimate of drug-likeness (QED) is 0.591. The molecule has 0 radical (unpaired) electrons. The first kappa shape index (κ1) is 16.0. The molecule has 1 aliphatic rings. The van der Waals surface area contributed by atoms with Crippen LogP contribution in [-0.4, -0.2) is 32.3 Å². The van der Waals surface area contributed by atoms with Gasteiger partial charge in [-0.3, -0.25) is 0 Å². The zero-order valence-corrected chi connectivity index (χ0v) is 14.7. The van der Waals surface area contributed by atoms with E-state index in [2.05, 4.69) is 15.3 Å². The average molecular weight is 357 g/mol. The van der Waals surface area contributed by atoms with Crippen LogP contribution in [0.1, 0.15) is 6.42 Å². The summed E-state index contributed by atoms with van der Waals surface area (Å²) in [5, 5.41) is 9.21. The van der Waals surface area contributed by atoms with Crippen LogP contribution in [-0.2, 0) is 6.54 Å². The van der Waals surface area contributed by atoms with Gasteiger partial charge in [-0.2, -0.15) is 5.10 Å². The maximum absolute atomic E-state index is 5.88. The van der Waals surface area contributed by atoms with Gasteiger partial charge in [-0.1, -0.05) is 18.2 Å². The average Bonchev–Trinajstić information content (AvgIpc) is 3.05. The van der Waals surface area contributed by atoms with E-state index >= 15 is 0 Å². The monoisotopic (exact) mass is 357 g/mol. The van der Waals surface area contributed by atoms with E-state index in [-0.39, 0.29) is 0 Å². The lowest BCUT2D eigenvalue weighted by molar-refractivity contribution is 0.322. The van der Waals surface area contributed by atoms with E-state index in [9.17, 15) is 0 Å². The van der Waals surface area contributed by atoms with E-state index in [1.165, 1.54) is 6.42 Å². The largest absolute Gasteiger partial charge is 0.457 e. The summed E-state index contributed by atoms with van der Waals surface area (Å²) in [6.45, 7) is 1.90. The molecule has 5 rings (SSSR count). The van der Waals surface area contributed by atoms with Crippen molar-refractivity contribution in [3.05, 3.63) is 67.1 Å². The number of hydrogen-bond donors (Lipinski definition) is 1. The van der Waals surface area contributed by atoms with E-state index in [0.29, 0.717) is 6.04 Å². The van der Waals surface area contributed by atoms with Crippen LogP contribution >= 0.6 is 0 Å². The summed E-state index contributed by atoms with van der Waals surface area (Å²) >= 11 is 0. The zero-order valence-electron chi connectivity index (χ0n) is 14.7. The molecule has 27 heavy (non-hydrogen) atoms. The molecule has 134 valence electrons. The predicted octanol–water partition coefficient (Wildman–Crippen LogP) is 3.65. The highest BCUT2D eigenvalue weighted by Gasteiger charge is 2.20. The van der Waals surface area contributed by atoms with Gasteiger partial charge < -0.3 is 10.1 Å². The topological polar surface area (TPSA) is 64.9 Å². The van der Waals surface area contributed by atoms with Gasteiger partial charge in [0.1, 0.15) is 23.5 Å². The highest BCUT2D eigenvalue weighted by molar-refractivity contribution is 5.90. The molecule has 2 aromatic heterocycles. The standard InChI is InChI=1S/C21H19N5O/c1-2-4-17(5-3-1)27-18-8-6-15(7-9-18)20-19-12-22-14-24-21(19)26(25-20)13-16-10-11-23-16/h1-9,12,14,16,23H,10-11,13H2/t16-/m1/s1. The minimum absolute atomic E-state index is 0.470. The third-order valence-corrected chi connectivity index (χ3v) is 4.84. The summed E-state index contributed by atoms with van der Waals surface area (Å²) in [7, 11) is 0. The van der Waals surface area contributed by atoms with Crippen molar-refractivity contribution in [2.24, 2.45) is 0 Å². The molecule has 3 heterocycles. The molecular weight excluding hydrogens is 338 g/mol. The van der Waals surface area contributed by atoms with Gasteiger partial charge in [-0.25, -0.2) is 14.6 Å². The fourth-order valence-corrected chi connectivity index (χ4v) is 3.28. The summed E-state index contributed by atoms with van der Waals surface area (Å²) in [5.74, 6) is 1.62. The van der Waals surface area contributed by atoms with Gasteiger partial charge in [0.2, 0.25) is 0 Å². The molecule has 1 saturated heterocycles. The molecule has 2 aromatic carbocycles. The summed E-state index contributed by atoms with van der Waals surface area (Å²) < 4.78 is 7.86. The SMILES string of the molecule is c1ccc(Oc2ccc(-c3nn(C[C@H]4CCN4)c4ncncc34)cc2)cc1. The maximum Gasteiger partial charge on any atom is 0.161 e. The molecule has 0 saturated carbocycles. The Hall–Kier alpha value is -3.25. The molecule has 6 heteroatoms. The lowest BCUT2D eigenvalue weighted by atomic mass is 10.1. The zero-order chi connectivity index (χ0) is 18.1. The van der Waals surface area contributed by atoms with E-state index in [1.54, 1.807) is 6.33 Å². The van der Waals surface area contributed by atoms with Gasteiger partial charge in [0.25, 0.3) is 0 Å². The lowest BCUT2D eigenvalue weighted by Crippen LogP contribution is -2.45. The van der Waals surface area contributed by atoms with Crippen molar-refractivity contribution >= 4 is 11.0 Å². The fraction of sp³-hybridized carbons (Fsp3) is 0.190. The highest BCUT2D eigenvalue weighted by atomic mass is 16.5. The van der Waals surface area contributed by atoms with E-state index in [1.807, 2.05) is 65.5 Å². The Morgan fingerprint density at radius 3 is 2.56 bits per heavy atom. The normalized spacial score (nSPS) is 16.2. The minimum Gasteiger partial charge on any atom is -0.457 e. The van der Waals surface area contributed by atoms with Crippen molar-refractivity contribution in [2.75, 3.05) is 6.54 Å². The number of ether oxygens (including phenoxy) is 1. The van der Waals surface area contributed by atoms with Crippen molar-refractivity contribution in [2.45, 2.75) is 19.0 Å². The molecule has 4 aromatic rings. The summed E-state index contributed by atoms with van der Waals surface area (Å²) in [4.78, 5) is 8.64. The molecule has 1 aliphatic heterocycles. The number of hydrogen-bond acceptors (Lipinski definition) is 5. The van der Waals surface area contributed by atoms with Gasteiger partial charge in [0.05, 0.1) is 11.9 Å². The van der Waals surface area contributed by atoms with E-state index in [0.717, 1.165) is 46.9 Å². The molecule has 0 bridgehead atoms. The van der Waals surface area contributed by atoms with Crippen LogP contribution < -0.4 is 10.1 Å². The molecule has 1 fully saturated rings. The Morgan fingerprint density at radius 2 is 1.81 bits per heavy atom. The van der Waals surface area contributed by atoms with E-state index < -0.39 is 0 Å². The van der Waals surface area contributed by atoms with Crippen LogP contribution in [0.3, 0.4) is 0 Å². The number of nitrogens with one attached hydrogen (secondary N) is 1.